The molecule has 0 aromatic heterocycles. The second kappa shape index (κ2) is 4.44. The summed E-state index contributed by atoms with van der Waals surface area (Å²) in [5, 5.41) is 8.39. The summed E-state index contributed by atoms with van der Waals surface area (Å²) in [6.45, 7) is 0. The summed E-state index contributed by atoms with van der Waals surface area (Å²) in [4.78, 5) is 8.54. The molecule has 0 aromatic rings. The fourth-order valence-corrected chi connectivity index (χ4v) is 2.50. The molecule has 1 N–H and O–H groups in total. The minimum atomic E-state index is -1.24. The number of hydrogen-bond donors (Lipinski definition) is 1. The van der Waals surface area contributed by atoms with Gasteiger partial charge in [0.15, 0.2) is 0 Å². The van der Waals surface area contributed by atoms with Gasteiger partial charge in [-0.1, -0.05) is 39.7 Å². The standard InChI is InChI=1S/C8H6BrCl3O2/c9-5(7(13)14)8(12)3-1-2-4(10)6(8)11/h1-3,5-6H,(H,13,14). The van der Waals surface area contributed by atoms with Crippen LogP contribution in [-0.4, -0.2) is 26.2 Å². The van der Waals surface area contributed by atoms with Crippen LogP contribution in [0.5, 0.6) is 0 Å². The topological polar surface area (TPSA) is 37.3 Å². The van der Waals surface area contributed by atoms with E-state index in [2.05, 4.69) is 15.9 Å². The van der Waals surface area contributed by atoms with Gasteiger partial charge in [-0.3, -0.25) is 4.79 Å². The van der Waals surface area contributed by atoms with E-state index in [-0.39, 0.29) is 0 Å². The average Bonchev–Trinajstić information content (AvgIpc) is 2.12. The van der Waals surface area contributed by atoms with E-state index in [9.17, 15) is 4.79 Å². The van der Waals surface area contributed by atoms with Crippen LogP contribution in [0.4, 0.5) is 0 Å². The van der Waals surface area contributed by atoms with Gasteiger partial charge in [-0.15, -0.1) is 23.2 Å². The molecule has 0 spiro atoms. The molecule has 14 heavy (non-hydrogen) atoms. The lowest BCUT2D eigenvalue weighted by atomic mass is 9.95. The summed E-state index contributed by atoms with van der Waals surface area (Å²) < 4.78 is 0. The highest BCUT2D eigenvalue weighted by Crippen LogP contribution is 2.41. The highest BCUT2D eigenvalue weighted by molar-refractivity contribution is 9.10. The van der Waals surface area contributed by atoms with Gasteiger partial charge in [-0.2, -0.15) is 0 Å². The normalized spacial score (nSPS) is 33.7. The molecule has 1 aliphatic rings. The number of carboxylic acid groups (broad SMARTS) is 1. The van der Waals surface area contributed by atoms with Crippen molar-refractivity contribution in [1.29, 1.82) is 0 Å². The van der Waals surface area contributed by atoms with E-state index in [1.807, 2.05) is 0 Å². The molecule has 2 nitrogen and oxygen atoms in total. The smallest absolute Gasteiger partial charge is 0.319 e. The number of aliphatic carboxylic acids is 1. The molecule has 3 atom stereocenters. The first kappa shape index (κ1) is 12.4. The lowest BCUT2D eigenvalue weighted by molar-refractivity contribution is -0.136. The molecule has 0 aliphatic heterocycles. The summed E-state index contributed by atoms with van der Waals surface area (Å²) in [5.41, 5.74) is 0. The Morgan fingerprint density at radius 3 is 2.79 bits per heavy atom. The van der Waals surface area contributed by atoms with Crippen molar-refractivity contribution < 1.29 is 9.90 Å². The number of halogens is 4. The van der Waals surface area contributed by atoms with Crippen LogP contribution in [0.2, 0.25) is 0 Å². The van der Waals surface area contributed by atoms with Crippen molar-refractivity contribution >= 4 is 56.7 Å². The highest BCUT2D eigenvalue weighted by atomic mass is 79.9. The predicted molar refractivity (Wildman–Crippen MR) is 61.7 cm³/mol. The molecule has 78 valence electrons. The molecule has 0 fully saturated rings. The van der Waals surface area contributed by atoms with Crippen molar-refractivity contribution in [3.8, 4) is 0 Å². The minimum Gasteiger partial charge on any atom is -0.480 e. The summed E-state index contributed by atoms with van der Waals surface area (Å²) in [6.07, 6.45) is 4.69. The zero-order valence-corrected chi connectivity index (χ0v) is 10.6. The fourth-order valence-electron chi connectivity index (χ4n) is 1.07. The largest absolute Gasteiger partial charge is 0.480 e. The molecule has 0 radical (unpaired) electrons. The quantitative estimate of drug-likeness (QED) is 0.794. The second-order valence-corrected chi connectivity index (χ2v) is 5.24. The third-order valence-electron chi connectivity index (χ3n) is 1.84. The van der Waals surface area contributed by atoms with Gasteiger partial charge in [-0.05, 0) is 6.08 Å². The van der Waals surface area contributed by atoms with Crippen molar-refractivity contribution in [1.82, 2.24) is 0 Å². The Kier molecular flexibility index (Phi) is 3.92. The van der Waals surface area contributed by atoms with E-state index in [1.54, 1.807) is 12.2 Å². The maximum absolute atomic E-state index is 10.8. The Morgan fingerprint density at radius 1 is 1.71 bits per heavy atom. The van der Waals surface area contributed by atoms with Crippen LogP contribution in [-0.2, 0) is 4.79 Å². The van der Waals surface area contributed by atoms with E-state index in [4.69, 9.17) is 39.9 Å². The maximum Gasteiger partial charge on any atom is 0.319 e. The van der Waals surface area contributed by atoms with E-state index in [1.165, 1.54) is 6.08 Å². The monoisotopic (exact) mass is 318 g/mol. The van der Waals surface area contributed by atoms with Gasteiger partial charge in [0.2, 0.25) is 0 Å². The van der Waals surface area contributed by atoms with Gasteiger partial charge in [0.25, 0.3) is 0 Å². The minimum absolute atomic E-state index is 0.329. The van der Waals surface area contributed by atoms with Gasteiger partial charge >= 0.3 is 5.97 Å². The van der Waals surface area contributed by atoms with E-state index in [0.29, 0.717) is 5.03 Å². The van der Waals surface area contributed by atoms with Gasteiger partial charge in [0, 0.05) is 5.03 Å². The Bertz CT molecular complexity index is 310. The van der Waals surface area contributed by atoms with Crippen molar-refractivity contribution in [3.05, 3.63) is 23.3 Å². The van der Waals surface area contributed by atoms with Crippen molar-refractivity contribution in [2.24, 2.45) is 0 Å². The van der Waals surface area contributed by atoms with Crippen molar-refractivity contribution in [3.63, 3.8) is 0 Å². The van der Waals surface area contributed by atoms with Crippen LogP contribution >= 0.6 is 50.7 Å². The first-order valence-corrected chi connectivity index (χ1v) is 5.75. The van der Waals surface area contributed by atoms with Gasteiger partial charge in [0.05, 0.1) is 5.38 Å². The van der Waals surface area contributed by atoms with E-state index >= 15 is 0 Å². The molecule has 1 aliphatic carbocycles. The zero-order valence-electron chi connectivity index (χ0n) is 6.75. The Balaban J connectivity index is 3.01. The van der Waals surface area contributed by atoms with E-state index < -0.39 is 21.0 Å². The second-order valence-electron chi connectivity index (χ2n) is 2.80. The van der Waals surface area contributed by atoms with Crippen LogP contribution < -0.4 is 0 Å². The van der Waals surface area contributed by atoms with Gasteiger partial charge in [-0.25, -0.2) is 0 Å². The highest BCUT2D eigenvalue weighted by Gasteiger charge is 2.46. The number of alkyl halides is 3. The zero-order chi connectivity index (χ0) is 10.9. The lowest BCUT2D eigenvalue weighted by Gasteiger charge is -2.32. The summed E-state index contributed by atoms with van der Waals surface area (Å²) in [6, 6.07) is 0. The maximum atomic E-state index is 10.8. The molecule has 0 bridgehead atoms. The molecule has 6 heteroatoms. The Labute approximate surface area is 105 Å². The molecule has 3 unspecified atom stereocenters. The Hall–Kier alpha value is 0.300. The van der Waals surface area contributed by atoms with Crippen molar-refractivity contribution in [2.75, 3.05) is 0 Å². The number of allylic oxidation sites excluding steroid dienone is 4. The third kappa shape index (κ3) is 2.11. The van der Waals surface area contributed by atoms with Crippen LogP contribution in [0, 0.1) is 0 Å². The number of carbonyl (C=O) groups is 1. The van der Waals surface area contributed by atoms with Crippen LogP contribution in [0.15, 0.2) is 23.3 Å². The van der Waals surface area contributed by atoms with E-state index in [0.717, 1.165) is 0 Å². The first-order chi connectivity index (χ1) is 6.39. The molecule has 0 heterocycles. The Morgan fingerprint density at radius 2 is 2.29 bits per heavy atom. The van der Waals surface area contributed by atoms with Crippen LogP contribution in [0.3, 0.4) is 0 Å². The molecular weight excluding hydrogens is 314 g/mol. The lowest BCUT2D eigenvalue weighted by Crippen LogP contribution is -2.45. The van der Waals surface area contributed by atoms with Gasteiger partial charge in [0.1, 0.15) is 9.70 Å². The molecule has 0 saturated carbocycles. The number of hydrogen-bond acceptors (Lipinski definition) is 1. The SMILES string of the molecule is O=C(O)C(Br)C1(Cl)C=CC=C(Cl)C1Cl. The first-order valence-electron chi connectivity index (χ1n) is 3.64. The van der Waals surface area contributed by atoms with Crippen LogP contribution in [0.25, 0.3) is 0 Å². The average molecular weight is 320 g/mol. The number of carboxylic acids is 1. The molecular formula is C8H6BrCl3O2. The molecule has 0 aromatic carbocycles. The number of rotatable bonds is 2. The summed E-state index contributed by atoms with van der Waals surface area (Å²) >= 11 is 20.8. The molecule has 0 saturated heterocycles. The van der Waals surface area contributed by atoms with Gasteiger partial charge < -0.3 is 5.11 Å². The van der Waals surface area contributed by atoms with Crippen molar-refractivity contribution in [2.45, 2.75) is 15.1 Å². The predicted octanol–water partition coefficient (Wildman–Crippen LogP) is 3.11. The molecule has 1 rings (SSSR count). The summed E-state index contributed by atoms with van der Waals surface area (Å²) in [5.74, 6) is -1.08. The fraction of sp³-hybridized carbons (Fsp3) is 0.375. The molecule has 0 amide bonds. The third-order valence-corrected chi connectivity index (χ3v) is 4.98. The summed E-state index contributed by atoms with van der Waals surface area (Å²) in [7, 11) is 0. The van der Waals surface area contributed by atoms with Crippen LogP contribution in [0.1, 0.15) is 0 Å².